The van der Waals surface area contributed by atoms with Gasteiger partial charge in [-0.05, 0) is 24.5 Å². The van der Waals surface area contributed by atoms with Crippen LogP contribution in [0, 0.1) is 0 Å². The van der Waals surface area contributed by atoms with Crippen molar-refractivity contribution in [3.8, 4) is 0 Å². The van der Waals surface area contributed by atoms with Gasteiger partial charge in [0.05, 0.1) is 0 Å². The summed E-state index contributed by atoms with van der Waals surface area (Å²) in [6.45, 7) is 0. The van der Waals surface area contributed by atoms with Gasteiger partial charge in [0.15, 0.2) is 0 Å². The normalized spacial score (nSPS) is 22.9. The first-order chi connectivity index (χ1) is 10.2. The van der Waals surface area contributed by atoms with Gasteiger partial charge in [0.25, 0.3) is 5.91 Å². The summed E-state index contributed by atoms with van der Waals surface area (Å²) >= 11 is 0. The van der Waals surface area contributed by atoms with Crippen molar-refractivity contribution in [3.05, 3.63) is 35.4 Å². The largest absolute Gasteiger partial charge is 0.352 e. The van der Waals surface area contributed by atoms with Crippen LogP contribution >= 0.6 is 0 Å². The molecule has 1 aliphatic heterocycles. The Morgan fingerprint density at radius 2 is 1.81 bits per heavy atom. The zero-order valence-corrected chi connectivity index (χ0v) is 12.2. The van der Waals surface area contributed by atoms with Gasteiger partial charge in [-0.15, -0.1) is 0 Å². The molecule has 3 rings (SSSR count). The van der Waals surface area contributed by atoms with Gasteiger partial charge in [-0.1, -0.05) is 43.9 Å². The van der Waals surface area contributed by atoms with Gasteiger partial charge in [0.1, 0.15) is 6.04 Å². The number of benzene rings is 1. The first-order valence-corrected chi connectivity index (χ1v) is 7.93. The minimum atomic E-state index is -0.435. The fourth-order valence-corrected chi connectivity index (χ4v) is 3.31. The van der Waals surface area contributed by atoms with E-state index in [-0.39, 0.29) is 17.9 Å². The Kier molecular flexibility index (Phi) is 4.23. The van der Waals surface area contributed by atoms with Gasteiger partial charge in [0.2, 0.25) is 5.91 Å². The van der Waals surface area contributed by atoms with E-state index in [0.717, 1.165) is 18.4 Å². The second-order valence-electron chi connectivity index (χ2n) is 6.08. The molecule has 1 heterocycles. The lowest BCUT2D eigenvalue weighted by atomic mass is 9.94. The summed E-state index contributed by atoms with van der Waals surface area (Å²) in [7, 11) is 0. The fraction of sp³-hybridized carbons (Fsp3) is 0.529. The van der Waals surface area contributed by atoms with E-state index in [2.05, 4.69) is 10.6 Å². The summed E-state index contributed by atoms with van der Waals surface area (Å²) in [4.78, 5) is 24.5. The molecule has 0 spiro atoms. The highest BCUT2D eigenvalue weighted by molar-refractivity contribution is 6.00. The molecule has 4 heteroatoms. The SMILES string of the molecule is O=C1NC(C(=O)NC2CCCCCC2)Cc2ccccc21. The molecular weight excluding hydrogens is 264 g/mol. The number of hydrogen-bond acceptors (Lipinski definition) is 2. The average Bonchev–Trinajstić information content (AvgIpc) is 2.76. The molecule has 1 aromatic carbocycles. The summed E-state index contributed by atoms with van der Waals surface area (Å²) in [6, 6.07) is 7.34. The minimum Gasteiger partial charge on any atom is -0.352 e. The predicted octanol–water partition coefficient (Wildman–Crippen LogP) is 2.18. The van der Waals surface area contributed by atoms with Crippen LogP contribution in [-0.4, -0.2) is 23.9 Å². The Morgan fingerprint density at radius 3 is 2.57 bits per heavy atom. The first kappa shape index (κ1) is 14.1. The lowest BCUT2D eigenvalue weighted by Crippen LogP contribution is -2.52. The molecule has 1 saturated carbocycles. The predicted molar refractivity (Wildman–Crippen MR) is 81.0 cm³/mol. The highest BCUT2D eigenvalue weighted by Crippen LogP contribution is 2.19. The van der Waals surface area contributed by atoms with E-state index in [1.807, 2.05) is 24.3 Å². The van der Waals surface area contributed by atoms with E-state index in [0.29, 0.717) is 12.0 Å². The first-order valence-electron chi connectivity index (χ1n) is 7.93. The Morgan fingerprint density at radius 1 is 1.10 bits per heavy atom. The smallest absolute Gasteiger partial charge is 0.252 e. The van der Waals surface area contributed by atoms with E-state index < -0.39 is 6.04 Å². The quantitative estimate of drug-likeness (QED) is 0.819. The number of carbonyl (C=O) groups excluding carboxylic acids is 2. The van der Waals surface area contributed by atoms with Crippen molar-refractivity contribution < 1.29 is 9.59 Å². The molecule has 1 aromatic rings. The number of carbonyl (C=O) groups is 2. The van der Waals surface area contributed by atoms with Gasteiger partial charge >= 0.3 is 0 Å². The van der Waals surface area contributed by atoms with Crippen molar-refractivity contribution in [1.29, 1.82) is 0 Å². The van der Waals surface area contributed by atoms with Gasteiger partial charge in [-0.25, -0.2) is 0 Å². The molecule has 2 aliphatic rings. The number of nitrogens with one attached hydrogen (secondary N) is 2. The second kappa shape index (κ2) is 6.29. The highest BCUT2D eigenvalue weighted by atomic mass is 16.2. The topological polar surface area (TPSA) is 58.2 Å². The molecule has 0 radical (unpaired) electrons. The molecule has 1 fully saturated rings. The molecule has 112 valence electrons. The van der Waals surface area contributed by atoms with Gasteiger partial charge in [0, 0.05) is 18.0 Å². The number of amides is 2. The van der Waals surface area contributed by atoms with Crippen molar-refractivity contribution in [1.82, 2.24) is 10.6 Å². The molecule has 1 atom stereocenters. The fourth-order valence-electron chi connectivity index (χ4n) is 3.31. The summed E-state index contributed by atoms with van der Waals surface area (Å²) < 4.78 is 0. The van der Waals surface area contributed by atoms with Crippen molar-refractivity contribution >= 4 is 11.8 Å². The monoisotopic (exact) mass is 286 g/mol. The van der Waals surface area contributed by atoms with Gasteiger partial charge < -0.3 is 10.6 Å². The molecule has 0 bridgehead atoms. The standard InChI is InChI=1S/C17H22N2O2/c20-16-14-10-6-5-7-12(14)11-15(19-16)17(21)18-13-8-3-1-2-4-9-13/h5-7,10,13,15H,1-4,8-9,11H2,(H,18,21)(H,19,20). The van der Waals surface area contributed by atoms with Crippen molar-refractivity contribution in [3.63, 3.8) is 0 Å². The number of rotatable bonds is 2. The Hall–Kier alpha value is -1.84. The van der Waals surface area contributed by atoms with Crippen LogP contribution in [0.25, 0.3) is 0 Å². The van der Waals surface area contributed by atoms with Crippen LogP contribution in [0.3, 0.4) is 0 Å². The van der Waals surface area contributed by atoms with E-state index in [9.17, 15) is 9.59 Å². The van der Waals surface area contributed by atoms with Gasteiger partial charge in [-0.2, -0.15) is 0 Å². The van der Waals surface area contributed by atoms with E-state index >= 15 is 0 Å². The van der Waals surface area contributed by atoms with Crippen LogP contribution in [0.1, 0.15) is 54.4 Å². The Labute approximate surface area is 125 Å². The molecule has 0 aromatic heterocycles. The molecule has 2 amide bonds. The van der Waals surface area contributed by atoms with Gasteiger partial charge in [-0.3, -0.25) is 9.59 Å². The lowest BCUT2D eigenvalue weighted by molar-refractivity contribution is -0.123. The average molecular weight is 286 g/mol. The van der Waals surface area contributed by atoms with Crippen LogP contribution in [0.15, 0.2) is 24.3 Å². The third-order valence-corrected chi connectivity index (χ3v) is 4.51. The maximum atomic E-state index is 12.4. The summed E-state index contributed by atoms with van der Waals surface area (Å²) in [6.07, 6.45) is 7.60. The molecule has 2 N–H and O–H groups in total. The van der Waals surface area contributed by atoms with Crippen molar-refractivity contribution in [2.45, 2.75) is 57.0 Å². The Bertz CT molecular complexity index is 533. The molecular formula is C17H22N2O2. The number of fused-ring (bicyclic) bond motifs is 1. The highest BCUT2D eigenvalue weighted by Gasteiger charge is 2.29. The van der Waals surface area contributed by atoms with Crippen LogP contribution in [0.2, 0.25) is 0 Å². The maximum Gasteiger partial charge on any atom is 0.252 e. The summed E-state index contributed by atoms with van der Waals surface area (Å²) in [5.41, 5.74) is 1.65. The zero-order valence-electron chi connectivity index (χ0n) is 12.2. The third-order valence-electron chi connectivity index (χ3n) is 4.51. The summed E-state index contributed by atoms with van der Waals surface area (Å²) in [5, 5.41) is 5.95. The lowest BCUT2D eigenvalue weighted by Gasteiger charge is -2.27. The summed E-state index contributed by atoms with van der Waals surface area (Å²) in [5.74, 6) is -0.178. The van der Waals surface area contributed by atoms with Crippen LogP contribution in [-0.2, 0) is 11.2 Å². The molecule has 0 saturated heterocycles. The zero-order chi connectivity index (χ0) is 14.7. The molecule has 1 unspecified atom stereocenters. The minimum absolute atomic E-state index is 0.0373. The van der Waals surface area contributed by atoms with Crippen molar-refractivity contribution in [2.75, 3.05) is 0 Å². The van der Waals surface area contributed by atoms with Crippen LogP contribution in [0.4, 0.5) is 0 Å². The van der Waals surface area contributed by atoms with E-state index in [4.69, 9.17) is 0 Å². The maximum absolute atomic E-state index is 12.4. The molecule has 1 aliphatic carbocycles. The third kappa shape index (κ3) is 3.26. The Balaban J connectivity index is 1.65. The van der Waals surface area contributed by atoms with Crippen LogP contribution in [0.5, 0.6) is 0 Å². The van der Waals surface area contributed by atoms with E-state index in [1.165, 1.54) is 25.7 Å². The second-order valence-corrected chi connectivity index (χ2v) is 6.08. The van der Waals surface area contributed by atoms with Crippen LogP contribution < -0.4 is 10.6 Å². The van der Waals surface area contributed by atoms with Crippen molar-refractivity contribution in [2.24, 2.45) is 0 Å². The molecule has 4 nitrogen and oxygen atoms in total. The van der Waals surface area contributed by atoms with E-state index in [1.54, 1.807) is 0 Å². The number of hydrogen-bond donors (Lipinski definition) is 2. The molecule has 21 heavy (non-hydrogen) atoms.